The van der Waals surface area contributed by atoms with Crippen LogP contribution in [-0.4, -0.2) is 47.4 Å². The van der Waals surface area contributed by atoms with Crippen LogP contribution >= 0.6 is 0 Å². The molecule has 1 aromatic heterocycles. The zero-order chi connectivity index (χ0) is 14.9. The zero-order valence-electron chi connectivity index (χ0n) is 12.8. The van der Waals surface area contributed by atoms with Gasteiger partial charge in [0.15, 0.2) is 0 Å². The summed E-state index contributed by atoms with van der Waals surface area (Å²) in [5, 5.41) is 0. The molecule has 1 saturated heterocycles. The highest BCUT2D eigenvalue weighted by atomic mass is 16.2. The molecule has 5 heteroatoms. The Hall–Kier alpha value is -1.62. The van der Waals surface area contributed by atoms with Gasteiger partial charge in [-0.3, -0.25) is 14.7 Å². The van der Waals surface area contributed by atoms with Crippen LogP contribution in [0.15, 0.2) is 6.20 Å². The Balaban J connectivity index is 2.17. The minimum Gasteiger partial charge on any atom is -0.398 e. The van der Waals surface area contributed by atoms with E-state index < -0.39 is 0 Å². The standard InChI is InChI=1S/C15H24N4O/c1-10-8-17-12(11(2)14(10)16)9-19-7-5-6-13(19)15(20)18(3)4/h8,13H,5-7,9H2,1-4H3,(H2,16,17). The molecule has 0 aliphatic carbocycles. The third-order valence-electron chi connectivity index (χ3n) is 4.12. The van der Waals surface area contributed by atoms with Gasteiger partial charge in [0.1, 0.15) is 0 Å². The van der Waals surface area contributed by atoms with E-state index in [-0.39, 0.29) is 11.9 Å². The summed E-state index contributed by atoms with van der Waals surface area (Å²) in [6.45, 7) is 5.61. The van der Waals surface area contributed by atoms with Crippen molar-refractivity contribution in [3.63, 3.8) is 0 Å². The van der Waals surface area contributed by atoms with Crippen molar-refractivity contribution in [2.75, 3.05) is 26.4 Å². The number of nitrogens with two attached hydrogens (primary N) is 1. The van der Waals surface area contributed by atoms with Gasteiger partial charge < -0.3 is 10.6 Å². The molecule has 0 aromatic carbocycles. The molecular weight excluding hydrogens is 252 g/mol. The lowest BCUT2D eigenvalue weighted by molar-refractivity contribution is -0.133. The summed E-state index contributed by atoms with van der Waals surface area (Å²) < 4.78 is 0. The van der Waals surface area contributed by atoms with Crippen LogP contribution in [0.4, 0.5) is 5.69 Å². The van der Waals surface area contributed by atoms with Crippen LogP contribution in [0.1, 0.15) is 29.7 Å². The SMILES string of the molecule is Cc1cnc(CN2CCCC2C(=O)N(C)C)c(C)c1N. The molecule has 0 bridgehead atoms. The minimum atomic E-state index is -0.0197. The molecule has 2 rings (SSSR count). The maximum absolute atomic E-state index is 12.2. The topological polar surface area (TPSA) is 62.5 Å². The number of likely N-dealkylation sites (tertiary alicyclic amines) is 1. The van der Waals surface area contributed by atoms with Crippen LogP contribution in [0.25, 0.3) is 0 Å². The maximum atomic E-state index is 12.2. The number of nitrogens with zero attached hydrogens (tertiary/aromatic N) is 3. The van der Waals surface area contributed by atoms with E-state index in [1.54, 1.807) is 4.90 Å². The Bertz CT molecular complexity index is 513. The van der Waals surface area contributed by atoms with E-state index in [1.807, 2.05) is 34.1 Å². The molecule has 1 aromatic rings. The molecule has 5 nitrogen and oxygen atoms in total. The first kappa shape index (κ1) is 14.8. The molecule has 0 spiro atoms. The van der Waals surface area contributed by atoms with Crippen LogP contribution in [0.2, 0.25) is 0 Å². The van der Waals surface area contributed by atoms with E-state index in [0.29, 0.717) is 6.54 Å². The number of hydrogen-bond acceptors (Lipinski definition) is 4. The third-order valence-corrected chi connectivity index (χ3v) is 4.12. The van der Waals surface area contributed by atoms with Crippen molar-refractivity contribution in [2.24, 2.45) is 0 Å². The lowest BCUT2D eigenvalue weighted by Crippen LogP contribution is -2.42. The number of nitrogen functional groups attached to an aromatic ring is 1. The summed E-state index contributed by atoms with van der Waals surface area (Å²) in [5.74, 6) is 0.181. The average molecular weight is 276 g/mol. The highest BCUT2D eigenvalue weighted by Gasteiger charge is 2.32. The van der Waals surface area contributed by atoms with Gasteiger partial charge in [-0.2, -0.15) is 0 Å². The molecule has 1 aliphatic rings. The second-order valence-corrected chi connectivity index (χ2v) is 5.79. The lowest BCUT2D eigenvalue weighted by atomic mass is 10.1. The fourth-order valence-electron chi connectivity index (χ4n) is 2.74. The summed E-state index contributed by atoms with van der Waals surface area (Å²) in [5.41, 5.74) is 9.90. The highest BCUT2D eigenvalue weighted by Crippen LogP contribution is 2.24. The minimum absolute atomic E-state index is 0.0197. The first-order valence-corrected chi connectivity index (χ1v) is 7.07. The Kier molecular flexibility index (Phi) is 4.28. The Morgan fingerprint density at radius 2 is 2.20 bits per heavy atom. The predicted octanol–water partition coefficient (Wildman–Crippen LogP) is 1.33. The van der Waals surface area contributed by atoms with Crippen LogP contribution in [-0.2, 0) is 11.3 Å². The molecule has 1 amide bonds. The quantitative estimate of drug-likeness (QED) is 0.905. The largest absolute Gasteiger partial charge is 0.398 e. The second kappa shape index (κ2) is 5.79. The number of pyridine rings is 1. The van der Waals surface area contributed by atoms with Gasteiger partial charge in [0.05, 0.1) is 11.7 Å². The number of aryl methyl sites for hydroxylation is 1. The van der Waals surface area contributed by atoms with Crippen LogP contribution < -0.4 is 5.73 Å². The number of carbonyl (C=O) groups excluding carboxylic acids is 1. The molecule has 2 heterocycles. The number of anilines is 1. The van der Waals surface area contributed by atoms with Crippen LogP contribution in [0.5, 0.6) is 0 Å². The monoisotopic (exact) mass is 276 g/mol. The molecule has 20 heavy (non-hydrogen) atoms. The summed E-state index contributed by atoms with van der Waals surface area (Å²) >= 11 is 0. The number of rotatable bonds is 3. The van der Waals surface area contributed by atoms with Crippen LogP contribution in [0, 0.1) is 13.8 Å². The fraction of sp³-hybridized carbons (Fsp3) is 0.600. The molecular formula is C15H24N4O. The van der Waals surface area contributed by atoms with Crippen molar-refractivity contribution in [2.45, 2.75) is 39.3 Å². The summed E-state index contributed by atoms with van der Waals surface area (Å²) in [6.07, 6.45) is 3.80. The van der Waals surface area contributed by atoms with E-state index in [9.17, 15) is 4.79 Å². The van der Waals surface area contributed by atoms with Crippen molar-refractivity contribution in [3.05, 3.63) is 23.0 Å². The highest BCUT2D eigenvalue weighted by molar-refractivity contribution is 5.81. The van der Waals surface area contributed by atoms with E-state index >= 15 is 0 Å². The zero-order valence-corrected chi connectivity index (χ0v) is 12.8. The van der Waals surface area contributed by atoms with E-state index in [4.69, 9.17) is 5.73 Å². The summed E-state index contributed by atoms with van der Waals surface area (Å²) in [7, 11) is 3.62. The Morgan fingerprint density at radius 3 is 2.85 bits per heavy atom. The molecule has 2 N–H and O–H groups in total. The van der Waals surface area contributed by atoms with Gasteiger partial charge in [-0.15, -0.1) is 0 Å². The average Bonchev–Trinajstić information content (AvgIpc) is 2.86. The molecule has 0 saturated carbocycles. The Morgan fingerprint density at radius 1 is 1.50 bits per heavy atom. The van der Waals surface area contributed by atoms with Crippen molar-refractivity contribution < 1.29 is 4.79 Å². The van der Waals surface area contributed by atoms with Gasteiger partial charge in [-0.25, -0.2) is 0 Å². The molecule has 110 valence electrons. The van der Waals surface area contributed by atoms with Crippen molar-refractivity contribution in [1.82, 2.24) is 14.8 Å². The predicted molar refractivity (Wildman–Crippen MR) is 80.2 cm³/mol. The molecule has 1 atom stereocenters. The molecule has 1 fully saturated rings. The Labute approximate surface area is 120 Å². The van der Waals surface area contributed by atoms with Crippen molar-refractivity contribution in [1.29, 1.82) is 0 Å². The van der Waals surface area contributed by atoms with Crippen LogP contribution in [0.3, 0.4) is 0 Å². The van der Waals surface area contributed by atoms with Gasteiger partial charge in [0.2, 0.25) is 5.91 Å². The van der Waals surface area contributed by atoms with E-state index in [2.05, 4.69) is 9.88 Å². The van der Waals surface area contributed by atoms with Gasteiger partial charge in [0.25, 0.3) is 0 Å². The van der Waals surface area contributed by atoms with Gasteiger partial charge in [-0.05, 0) is 44.4 Å². The van der Waals surface area contributed by atoms with Crippen molar-refractivity contribution in [3.8, 4) is 0 Å². The number of amides is 1. The maximum Gasteiger partial charge on any atom is 0.239 e. The number of likely N-dealkylation sites (N-methyl/N-ethyl adjacent to an activating group) is 1. The fourth-order valence-corrected chi connectivity index (χ4v) is 2.74. The van der Waals surface area contributed by atoms with Gasteiger partial charge in [0, 0.05) is 32.5 Å². The first-order chi connectivity index (χ1) is 9.41. The second-order valence-electron chi connectivity index (χ2n) is 5.79. The van der Waals surface area contributed by atoms with Gasteiger partial charge in [-0.1, -0.05) is 0 Å². The number of hydrogen-bond donors (Lipinski definition) is 1. The number of carbonyl (C=O) groups is 1. The molecule has 1 aliphatic heterocycles. The molecule has 0 radical (unpaired) electrons. The van der Waals surface area contributed by atoms with E-state index in [0.717, 1.165) is 41.9 Å². The normalized spacial score (nSPS) is 19.3. The van der Waals surface area contributed by atoms with Crippen molar-refractivity contribution >= 4 is 11.6 Å². The van der Waals surface area contributed by atoms with E-state index in [1.165, 1.54) is 0 Å². The third kappa shape index (κ3) is 2.77. The first-order valence-electron chi connectivity index (χ1n) is 7.07. The smallest absolute Gasteiger partial charge is 0.239 e. The number of aromatic nitrogens is 1. The lowest BCUT2D eigenvalue weighted by Gasteiger charge is -2.26. The van der Waals surface area contributed by atoms with Gasteiger partial charge >= 0.3 is 0 Å². The summed E-state index contributed by atoms with van der Waals surface area (Å²) in [4.78, 5) is 20.6. The summed E-state index contributed by atoms with van der Waals surface area (Å²) in [6, 6.07) is -0.0197. The molecule has 1 unspecified atom stereocenters.